The van der Waals surface area contributed by atoms with Crippen molar-refractivity contribution in [3.05, 3.63) is 30.1 Å². The number of nitrogens with one attached hydrogen (secondary N) is 1. The van der Waals surface area contributed by atoms with Crippen molar-refractivity contribution in [3.8, 4) is 0 Å². The summed E-state index contributed by atoms with van der Waals surface area (Å²) in [5, 5.41) is 12.3. The molecule has 0 aromatic carbocycles. The van der Waals surface area contributed by atoms with Crippen LogP contribution in [0, 0.1) is 5.41 Å². The van der Waals surface area contributed by atoms with E-state index in [1.54, 1.807) is 17.3 Å². The number of carboxylic acids is 1. The molecule has 1 unspecified atom stereocenters. The molecule has 1 aliphatic rings. The molecule has 1 aliphatic heterocycles. The van der Waals surface area contributed by atoms with Crippen LogP contribution in [-0.4, -0.2) is 40.1 Å². The SMILES string of the molecule is CCCC1(C(=O)O)CCN(C(=O)NCc2ccncc2)C1. The monoisotopic (exact) mass is 291 g/mol. The Labute approximate surface area is 124 Å². The fourth-order valence-electron chi connectivity index (χ4n) is 2.80. The zero-order valence-corrected chi connectivity index (χ0v) is 12.2. The van der Waals surface area contributed by atoms with E-state index < -0.39 is 11.4 Å². The number of carbonyl (C=O) groups is 2. The molecule has 0 spiro atoms. The van der Waals surface area contributed by atoms with Crippen molar-refractivity contribution < 1.29 is 14.7 Å². The summed E-state index contributed by atoms with van der Waals surface area (Å²) >= 11 is 0. The molecule has 0 saturated carbocycles. The third-order valence-electron chi connectivity index (χ3n) is 4.02. The van der Waals surface area contributed by atoms with Crippen LogP contribution in [-0.2, 0) is 11.3 Å². The van der Waals surface area contributed by atoms with Crippen LogP contribution >= 0.6 is 0 Å². The van der Waals surface area contributed by atoms with Crippen molar-refractivity contribution in [3.63, 3.8) is 0 Å². The van der Waals surface area contributed by atoms with Crippen LogP contribution in [0.1, 0.15) is 31.7 Å². The van der Waals surface area contributed by atoms with Crippen LogP contribution in [0.15, 0.2) is 24.5 Å². The summed E-state index contributed by atoms with van der Waals surface area (Å²) < 4.78 is 0. The first-order valence-electron chi connectivity index (χ1n) is 7.22. The van der Waals surface area contributed by atoms with Gasteiger partial charge >= 0.3 is 12.0 Å². The second-order valence-corrected chi connectivity index (χ2v) is 5.52. The molecule has 6 heteroatoms. The molecule has 2 rings (SSSR count). The highest BCUT2D eigenvalue weighted by atomic mass is 16.4. The fourth-order valence-corrected chi connectivity index (χ4v) is 2.80. The predicted octanol–water partition coefficient (Wildman–Crippen LogP) is 1.87. The molecule has 1 aromatic heterocycles. The first-order chi connectivity index (χ1) is 10.1. The van der Waals surface area contributed by atoms with Gasteiger partial charge in [0, 0.05) is 32.0 Å². The molecule has 114 valence electrons. The molecular formula is C15H21N3O3. The van der Waals surface area contributed by atoms with Crippen LogP contribution in [0.5, 0.6) is 0 Å². The Morgan fingerprint density at radius 1 is 1.43 bits per heavy atom. The Morgan fingerprint density at radius 3 is 2.76 bits per heavy atom. The number of urea groups is 1. The maximum absolute atomic E-state index is 12.1. The van der Waals surface area contributed by atoms with E-state index in [0.717, 1.165) is 12.0 Å². The Balaban J connectivity index is 1.91. The van der Waals surface area contributed by atoms with Crippen LogP contribution < -0.4 is 5.32 Å². The molecule has 1 fully saturated rings. The topological polar surface area (TPSA) is 82.5 Å². The Hall–Kier alpha value is -2.11. The van der Waals surface area contributed by atoms with E-state index in [-0.39, 0.29) is 6.03 Å². The molecule has 2 heterocycles. The van der Waals surface area contributed by atoms with Crippen molar-refractivity contribution in [2.75, 3.05) is 13.1 Å². The zero-order valence-electron chi connectivity index (χ0n) is 12.2. The van der Waals surface area contributed by atoms with Gasteiger partial charge in [-0.1, -0.05) is 13.3 Å². The minimum absolute atomic E-state index is 0.203. The second kappa shape index (κ2) is 6.56. The molecule has 21 heavy (non-hydrogen) atoms. The molecule has 2 amide bonds. The van der Waals surface area contributed by atoms with Crippen molar-refractivity contribution >= 4 is 12.0 Å². The number of carboxylic acid groups (broad SMARTS) is 1. The summed E-state index contributed by atoms with van der Waals surface area (Å²) in [6, 6.07) is 3.47. The average Bonchev–Trinajstić information content (AvgIpc) is 2.92. The Kier molecular flexibility index (Phi) is 4.77. The van der Waals surface area contributed by atoms with Gasteiger partial charge in [-0.15, -0.1) is 0 Å². The molecule has 6 nitrogen and oxygen atoms in total. The van der Waals surface area contributed by atoms with Crippen LogP contribution in [0.2, 0.25) is 0 Å². The lowest BCUT2D eigenvalue weighted by Gasteiger charge is -2.24. The van der Waals surface area contributed by atoms with E-state index in [1.807, 2.05) is 19.1 Å². The molecule has 0 radical (unpaired) electrons. The number of likely N-dealkylation sites (tertiary alicyclic amines) is 1. The van der Waals surface area contributed by atoms with Crippen molar-refractivity contribution in [2.45, 2.75) is 32.7 Å². The van der Waals surface area contributed by atoms with Crippen molar-refractivity contribution in [1.82, 2.24) is 15.2 Å². The maximum atomic E-state index is 12.1. The number of hydrogen-bond donors (Lipinski definition) is 2. The van der Waals surface area contributed by atoms with Gasteiger partial charge in [0.2, 0.25) is 0 Å². The van der Waals surface area contributed by atoms with Crippen molar-refractivity contribution in [2.24, 2.45) is 5.41 Å². The van der Waals surface area contributed by atoms with E-state index in [4.69, 9.17) is 0 Å². The molecule has 1 atom stereocenters. The number of aliphatic carboxylic acids is 1. The fraction of sp³-hybridized carbons (Fsp3) is 0.533. The third-order valence-corrected chi connectivity index (χ3v) is 4.02. The second-order valence-electron chi connectivity index (χ2n) is 5.52. The van der Waals surface area contributed by atoms with Gasteiger partial charge in [-0.2, -0.15) is 0 Å². The lowest BCUT2D eigenvalue weighted by Crippen LogP contribution is -2.41. The smallest absolute Gasteiger partial charge is 0.317 e. The first-order valence-corrected chi connectivity index (χ1v) is 7.22. The highest BCUT2D eigenvalue weighted by molar-refractivity contribution is 5.79. The van der Waals surface area contributed by atoms with Gasteiger partial charge < -0.3 is 15.3 Å². The van der Waals surface area contributed by atoms with E-state index in [2.05, 4.69) is 10.3 Å². The molecule has 1 saturated heterocycles. The minimum Gasteiger partial charge on any atom is -0.481 e. The van der Waals surface area contributed by atoms with Gasteiger partial charge in [0.25, 0.3) is 0 Å². The van der Waals surface area contributed by atoms with Gasteiger partial charge in [-0.25, -0.2) is 4.79 Å². The number of rotatable bonds is 5. The summed E-state index contributed by atoms with van der Waals surface area (Å²) in [6.45, 7) is 3.18. The first kappa shape index (κ1) is 15.3. The average molecular weight is 291 g/mol. The molecule has 0 bridgehead atoms. The highest BCUT2D eigenvalue weighted by Gasteiger charge is 2.45. The van der Waals surface area contributed by atoms with Crippen LogP contribution in [0.4, 0.5) is 4.79 Å². The number of amides is 2. The molecule has 0 aliphatic carbocycles. The zero-order chi connectivity index (χ0) is 15.3. The summed E-state index contributed by atoms with van der Waals surface area (Å²) in [5.41, 5.74) is 0.193. The van der Waals surface area contributed by atoms with E-state index in [1.165, 1.54) is 0 Å². The minimum atomic E-state index is -0.797. The van der Waals surface area contributed by atoms with Crippen LogP contribution in [0.25, 0.3) is 0 Å². The largest absolute Gasteiger partial charge is 0.481 e. The maximum Gasteiger partial charge on any atom is 0.317 e. The van der Waals surface area contributed by atoms with Gasteiger partial charge in [-0.05, 0) is 30.5 Å². The number of pyridine rings is 1. The van der Waals surface area contributed by atoms with E-state index in [9.17, 15) is 14.7 Å². The summed E-state index contributed by atoms with van der Waals surface area (Å²) in [4.78, 5) is 29.2. The van der Waals surface area contributed by atoms with E-state index in [0.29, 0.717) is 32.5 Å². The Bertz CT molecular complexity index is 506. The van der Waals surface area contributed by atoms with Gasteiger partial charge in [0.15, 0.2) is 0 Å². The number of carbonyl (C=O) groups excluding carboxylic acids is 1. The number of hydrogen-bond acceptors (Lipinski definition) is 3. The number of aromatic nitrogens is 1. The standard InChI is InChI=1S/C15H21N3O3/c1-2-5-15(13(19)20)6-9-18(11-15)14(21)17-10-12-3-7-16-8-4-12/h3-4,7-8H,2,5-6,9-11H2,1H3,(H,17,21)(H,19,20). The normalized spacial score (nSPS) is 21.3. The van der Waals surface area contributed by atoms with Gasteiger partial charge in [0.1, 0.15) is 0 Å². The highest BCUT2D eigenvalue weighted by Crippen LogP contribution is 2.35. The van der Waals surface area contributed by atoms with E-state index >= 15 is 0 Å². The summed E-state index contributed by atoms with van der Waals surface area (Å²) in [6.07, 6.45) is 5.29. The molecule has 1 aromatic rings. The Morgan fingerprint density at radius 2 is 2.14 bits per heavy atom. The summed E-state index contributed by atoms with van der Waals surface area (Å²) in [7, 11) is 0. The van der Waals surface area contributed by atoms with Crippen LogP contribution in [0.3, 0.4) is 0 Å². The third kappa shape index (κ3) is 3.51. The predicted molar refractivity (Wildman–Crippen MR) is 77.6 cm³/mol. The summed E-state index contributed by atoms with van der Waals surface area (Å²) in [5.74, 6) is -0.797. The lowest BCUT2D eigenvalue weighted by atomic mass is 9.83. The number of nitrogens with zero attached hydrogens (tertiary/aromatic N) is 2. The quantitative estimate of drug-likeness (QED) is 0.867. The molecular weight excluding hydrogens is 270 g/mol. The van der Waals surface area contributed by atoms with Gasteiger partial charge in [0.05, 0.1) is 5.41 Å². The molecule has 2 N–H and O–H groups in total. The lowest BCUT2D eigenvalue weighted by molar-refractivity contribution is -0.148. The van der Waals surface area contributed by atoms with Crippen molar-refractivity contribution in [1.29, 1.82) is 0 Å². The van der Waals surface area contributed by atoms with Gasteiger partial charge in [-0.3, -0.25) is 9.78 Å².